The summed E-state index contributed by atoms with van der Waals surface area (Å²) in [5.41, 5.74) is 2.01. The lowest BCUT2D eigenvalue weighted by atomic mass is 9.93. The second-order valence-electron chi connectivity index (χ2n) is 9.41. The monoisotopic (exact) mass is 552 g/mol. The van der Waals surface area contributed by atoms with Crippen molar-refractivity contribution in [1.82, 2.24) is 20.0 Å². The fourth-order valence-electron chi connectivity index (χ4n) is 5.03. The van der Waals surface area contributed by atoms with Crippen molar-refractivity contribution in [3.8, 4) is 17.2 Å². The molecule has 3 amide bonds. The molecule has 40 heavy (non-hydrogen) atoms. The number of amides is 3. The molecule has 2 aromatic rings. The first kappa shape index (κ1) is 28.8. The molecule has 11 heteroatoms. The van der Waals surface area contributed by atoms with Gasteiger partial charge in [0.05, 0.1) is 39.6 Å². The van der Waals surface area contributed by atoms with Crippen LogP contribution >= 0.6 is 0 Å². The Morgan fingerprint density at radius 1 is 0.975 bits per heavy atom. The first-order chi connectivity index (χ1) is 19.3. The van der Waals surface area contributed by atoms with Gasteiger partial charge in [-0.1, -0.05) is 18.2 Å². The van der Waals surface area contributed by atoms with E-state index in [1.807, 2.05) is 0 Å². The molecule has 4 rings (SSSR count). The van der Waals surface area contributed by atoms with Crippen LogP contribution in [0.5, 0.6) is 17.2 Å². The third-order valence-electron chi connectivity index (χ3n) is 7.17. The molecule has 214 valence electrons. The molecule has 0 radical (unpaired) electrons. The normalized spacial score (nSPS) is 17.8. The Hall–Kier alpha value is -4.25. The molecule has 2 aromatic carbocycles. The van der Waals surface area contributed by atoms with Crippen molar-refractivity contribution in [3.05, 3.63) is 64.9 Å². The van der Waals surface area contributed by atoms with Crippen molar-refractivity contribution >= 4 is 17.9 Å². The van der Waals surface area contributed by atoms with Gasteiger partial charge >= 0.3 is 12.0 Å². The van der Waals surface area contributed by atoms with Gasteiger partial charge in [-0.3, -0.25) is 14.6 Å². The van der Waals surface area contributed by atoms with Crippen LogP contribution in [0.25, 0.3) is 0 Å². The van der Waals surface area contributed by atoms with Crippen LogP contribution < -0.4 is 19.5 Å². The second-order valence-corrected chi connectivity index (χ2v) is 9.41. The molecule has 1 N–H and O–H groups in total. The topological polar surface area (TPSA) is 110 Å². The summed E-state index contributed by atoms with van der Waals surface area (Å²) in [6.07, 6.45) is 0. The van der Waals surface area contributed by atoms with Crippen LogP contribution in [0.1, 0.15) is 28.9 Å². The van der Waals surface area contributed by atoms with Crippen molar-refractivity contribution in [1.29, 1.82) is 0 Å². The third-order valence-corrected chi connectivity index (χ3v) is 7.17. The van der Waals surface area contributed by atoms with Gasteiger partial charge in [-0.15, -0.1) is 0 Å². The van der Waals surface area contributed by atoms with Crippen LogP contribution in [0, 0.1) is 0 Å². The zero-order chi connectivity index (χ0) is 28.8. The van der Waals surface area contributed by atoms with Crippen molar-refractivity contribution in [2.75, 3.05) is 67.7 Å². The molecule has 0 unspecified atom stereocenters. The number of para-hydroxylation sites is 1. The summed E-state index contributed by atoms with van der Waals surface area (Å²) in [5.74, 6) is 0.944. The van der Waals surface area contributed by atoms with Crippen LogP contribution in [-0.2, 0) is 9.53 Å². The Labute approximate surface area is 234 Å². The lowest BCUT2D eigenvalue weighted by Crippen LogP contribution is -2.53. The van der Waals surface area contributed by atoms with E-state index in [1.165, 1.54) is 19.1 Å². The highest BCUT2D eigenvalue weighted by Crippen LogP contribution is 2.40. The number of likely N-dealkylation sites (N-methyl/N-ethyl adjacent to an activating group) is 1. The summed E-state index contributed by atoms with van der Waals surface area (Å²) in [5, 5.41) is 2.93. The van der Waals surface area contributed by atoms with Crippen molar-refractivity contribution in [2.45, 2.75) is 13.0 Å². The molecule has 0 aromatic heterocycles. The number of methoxy groups -OCH3 is 3. The fourth-order valence-corrected chi connectivity index (χ4v) is 5.03. The first-order valence-electron chi connectivity index (χ1n) is 13.1. The van der Waals surface area contributed by atoms with Crippen molar-refractivity contribution in [3.63, 3.8) is 0 Å². The maximum absolute atomic E-state index is 13.4. The number of carbonyl (C=O) groups is 3. The number of benzene rings is 2. The minimum absolute atomic E-state index is 0.0654. The molecule has 0 aliphatic carbocycles. The van der Waals surface area contributed by atoms with Crippen LogP contribution in [0.3, 0.4) is 0 Å². The number of nitrogens with zero attached hydrogens (tertiary/aromatic N) is 3. The SMILES string of the molecule is CCOC(=O)C1=C(CN2CCN(C(=O)c3cccc(OC)c3)CC2)N(C)C(=O)N[C@H]1c1cccc(OC)c1OC. The number of piperazine rings is 1. The zero-order valence-electron chi connectivity index (χ0n) is 23.6. The Kier molecular flexibility index (Phi) is 9.15. The van der Waals surface area contributed by atoms with Gasteiger partial charge in [0.1, 0.15) is 5.75 Å². The molecule has 0 bridgehead atoms. The third kappa shape index (κ3) is 5.84. The molecule has 2 heterocycles. The number of esters is 1. The number of ether oxygens (including phenoxy) is 4. The number of rotatable bonds is 9. The zero-order valence-corrected chi connectivity index (χ0v) is 23.6. The lowest BCUT2D eigenvalue weighted by molar-refractivity contribution is -0.139. The van der Waals surface area contributed by atoms with E-state index in [4.69, 9.17) is 18.9 Å². The summed E-state index contributed by atoms with van der Waals surface area (Å²) >= 11 is 0. The molecule has 1 fully saturated rings. The van der Waals surface area contributed by atoms with Gasteiger partial charge in [-0.2, -0.15) is 0 Å². The van der Waals surface area contributed by atoms with E-state index in [0.717, 1.165) is 0 Å². The first-order valence-corrected chi connectivity index (χ1v) is 13.1. The summed E-state index contributed by atoms with van der Waals surface area (Å²) in [6.45, 7) is 4.38. The van der Waals surface area contributed by atoms with Crippen LogP contribution in [0.4, 0.5) is 4.79 Å². The summed E-state index contributed by atoms with van der Waals surface area (Å²) in [7, 11) is 6.24. The van der Waals surface area contributed by atoms with E-state index < -0.39 is 12.0 Å². The minimum atomic E-state index is -0.807. The minimum Gasteiger partial charge on any atom is -0.497 e. The van der Waals surface area contributed by atoms with Gasteiger partial charge in [0.25, 0.3) is 5.91 Å². The Morgan fingerprint density at radius 3 is 2.35 bits per heavy atom. The molecule has 2 aliphatic rings. The van der Waals surface area contributed by atoms with Gasteiger partial charge in [-0.25, -0.2) is 9.59 Å². The average Bonchev–Trinajstić information content (AvgIpc) is 2.98. The van der Waals surface area contributed by atoms with E-state index in [1.54, 1.807) is 68.4 Å². The van der Waals surface area contributed by atoms with E-state index in [-0.39, 0.29) is 18.5 Å². The van der Waals surface area contributed by atoms with Crippen molar-refractivity contribution < 1.29 is 33.3 Å². The number of nitrogens with one attached hydrogen (secondary N) is 1. The largest absolute Gasteiger partial charge is 0.497 e. The Bertz CT molecular complexity index is 1290. The highest BCUT2D eigenvalue weighted by Gasteiger charge is 2.39. The summed E-state index contributed by atoms with van der Waals surface area (Å²) in [4.78, 5) is 45.0. The van der Waals surface area contributed by atoms with E-state index in [9.17, 15) is 14.4 Å². The van der Waals surface area contributed by atoms with Gasteiger partial charge in [0.15, 0.2) is 11.5 Å². The predicted octanol–water partition coefficient (Wildman–Crippen LogP) is 2.68. The molecule has 11 nitrogen and oxygen atoms in total. The highest BCUT2D eigenvalue weighted by atomic mass is 16.5. The van der Waals surface area contributed by atoms with Crippen LogP contribution in [0.2, 0.25) is 0 Å². The summed E-state index contributed by atoms with van der Waals surface area (Å²) < 4.78 is 21.8. The second kappa shape index (κ2) is 12.7. The number of carbonyl (C=O) groups excluding carboxylic acids is 3. The van der Waals surface area contributed by atoms with Crippen molar-refractivity contribution in [2.24, 2.45) is 0 Å². The number of hydrogen-bond donors (Lipinski definition) is 1. The molecule has 2 aliphatic heterocycles. The van der Waals surface area contributed by atoms with Crippen LogP contribution in [-0.4, -0.2) is 100 Å². The predicted molar refractivity (Wildman–Crippen MR) is 148 cm³/mol. The lowest BCUT2D eigenvalue weighted by Gasteiger charge is -2.39. The van der Waals surface area contributed by atoms with Gasteiger partial charge in [0, 0.05) is 56.6 Å². The maximum Gasteiger partial charge on any atom is 0.338 e. The highest BCUT2D eigenvalue weighted by molar-refractivity contribution is 5.96. The maximum atomic E-state index is 13.4. The van der Waals surface area contributed by atoms with E-state index in [2.05, 4.69) is 10.2 Å². The molecular weight excluding hydrogens is 516 g/mol. The Balaban J connectivity index is 1.61. The van der Waals surface area contributed by atoms with E-state index >= 15 is 0 Å². The quantitative estimate of drug-likeness (QED) is 0.473. The fraction of sp³-hybridized carbons (Fsp3) is 0.414. The molecule has 0 spiro atoms. The van der Waals surface area contributed by atoms with E-state index in [0.29, 0.717) is 72.4 Å². The Morgan fingerprint density at radius 2 is 1.70 bits per heavy atom. The standard InChI is InChI=1S/C29H36N4O7/c1-6-40-28(35)24-22(31(2)29(36)30-25(24)21-11-8-12-23(38-4)26(21)39-5)18-32-13-15-33(16-14-32)27(34)19-9-7-10-20(17-19)37-3/h7-12,17,25H,6,13-16,18H2,1-5H3,(H,30,36)/t25-/m0/s1. The molecule has 1 saturated heterocycles. The van der Waals surface area contributed by atoms with Gasteiger partial charge in [0.2, 0.25) is 0 Å². The average molecular weight is 553 g/mol. The molecule has 0 saturated carbocycles. The smallest absolute Gasteiger partial charge is 0.338 e. The van der Waals surface area contributed by atoms with Crippen LogP contribution in [0.15, 0.2) is 53.7 Å². The molecule has 1 atom stereocenters. The van der Waals surface area contributed by atoms with Gasteiger partial charge < -0.3 is 29.2 Å². The summed E-state index contributed by atoms with van der Waals surface area (Å²) in [6, 6.07) is 11.3. The van der Waals surface area contributed by atoms with Gasteiger partial charge in [-0.05, 0) is 31.2 Å². The number of urea groups is 1. The number of hydrogen-bond acceptors (Lipinski definition) is 8. The molecular formula is C29H36N4O7.